The van der Waals surface area contributed by atoms with Gasteiger partial charge in [0.2, 0.25) is 0 Å². The molecule has 0 bridgehead atoms. The van der Waals surface area contributed by atoms with Gasteiger partial charge < -0.3 is 19.3 Å². The summed E-state index contributed by atoms with van der Waals surface area (Å²) in [6.45, 7) is 0.636. The molecule has 2 atom stereocenters. The molecule has 1 aliphatic heterocycles. The first-order chi connectivity index (χ1) is 20.2. The van der Waals surface area contributed by atoms with Crippen LogP contribution in [0.1, 0.15) is 52.6 Å². The molecule has 0 aliphatic carbocycles. The fraction of sp³-hybridized carbons (Fsp3) is 0.290. The molecule has 3 heterocycles. The fourth-order valence-electron chi connectivity index (χ4n) is 5.33. The van der Waals surface area contributed by atoms with Crippen molar-refractivity contribution in [2.45, 2.75) is 37.8 Å². The second-order valence-corrected chi connectivity index (χ2v) is 10.0. The van der Waals surface area contributed by atoms with Crippen LogP contribution in [0.2, 0.25) is 0 Å². The van der Waals surface area contributed by atoms with Crippen LogP contribution in [0.3, 0.4) is 0 Å². The monoisotopic (exact) mass is 572 g/mol. The number of nitriles is 2. The third-order valence-electron chi connectivity index (χ3n) is 7.42. The van der Waals surface area contributed by atoms with Gasteiger partial charge in [-0.3, -0.25) is 0 Å². The number of hydrogen-bond donors (Lipinski definition) is 1. The number of aryl methyl sites for hydroxylation is 1. The summed E-state index contributed by atoms with van der Waals surface area (Å²) in [5, 5.41) is 29.2. The molecule has 0 saturated carbocycles. The number of aromatic nitrogens is 3. The number of aliphatic hydroxyl groups excluding tert-OH is 1. The standard InChI is InChI=1S/C31H27F3N6O2/c1-39-19-37-16-28(39)29(42-18-23-11-10-22(15-36)30(38-23)40-12-4-5-24(40)17-41)20-8-9-21(14-35)26(13-20)25-6-2-3-7-27(25)31(32,33)34/h2-3,6-11,13,16,19,24,29,41H,4-5,12,17-18H2,1H3/t24-,29?/m1/s1. The Bertz CT molecular complexity index is 1670. The molecular weight excluding hydrogens is 545 g/mol. The number of rotatable bonds is 8. The molecule has 214 valence electrons. The van der Waals surface area contributed by atoms with Crippen molar-refractivity contribution >= 4 is 5.82 Å². The van der Waals surface area contributed by atoms with E-state index in [-0.39, 0.29) is 35.9 Å². The molecular formula is C31H27F3N6O2. The van der Waals surface area contributed by atoms with Crippen LogP contribution < -0.4 is 4.90 Å². The average Bonchev–Trinajstić information content (AvgIpc) is 3.65. The van der Waals surface area contributed by atoms with Gasteiger partial charge in [0.15, 0.2) is 0 Å². The summed E-state index contributed by atoms with van der Waals surface area (Å²) in [4.78, 5) is 10.8. The third kappa shape index (κ3) is 5.70. The Labute approximate surface area is 240 Å². The summed E-state index contributed by atoms with van der Waals surface area (Å²) in [6, 6.07) is 17.3. The Morgan fingerprint density at radius 3 is 2.52 bits per heavy atom. The molecule has 1 unspecified atom stereocenters. The summed E-state index contributed by atoms with van der Waals surface area (Å²) in [6.07, 6.45) is -0.499. The number of benzene rings is 2. The number of hydrogen-bond acceptors (Lipinski definition) is 7. The Balaban J connectivity index is 1.53. The SMILES string of the molecule is Cn1cncc1C(OCc1ccc(C#N)c(N2CCC[C@@H]2CO)n1)c1ccc(C#N)c(-c2ccccc2C(F)(F)F)c1. The highest BCUT2D eigenvalue weighted by Gasteiger charge is 2.34. The second kappa shape index (κ2) is 12.0. The van der Waals surface area contributed by atoms with Gasteiger partial charge in [-0.05, 0) is 54.3 Å². The maximum Gasteiger partial charge on any atom is 0.417 e. The highest BCUT2D eigenvalue weighted by Crippen LogP contribution is 2.40. The topological polar surface area (TPSA) is 111 Å². The lowest BCUT2D eigenvalue weighted by atomic mass is 9.92. The van der Waals surface area contributed by atoms with Crippen molar-refractivity contribution in [1.29, 1.82) is 10.5 Å². The van der Waals surface area contributed by atoms with Crippen LogP contribution in [-0.2, 0) is 24.6 Å². The van der Waals surface area contributed by atoms with Crippen LogP contribution in [0.5, 0.6) is 0 Å². The highest BCUT2D eigenvalue weighted by atomic mass is 19.4. The van der Waals surface area contributed by atoms with Gasteiger partial charge in [-0.1, -0.05) is 24.3 Å². The van der Waals surface area contributed by atoms with Gasteiger partial charge in [0.25, 0.3) is 0 Å². The number of imidazole rings is 1. The minimum absolute atomic E-state index is 0.0145. The maximum absolute atomic E-state index is 13.9. The zero-order chi connectivity index (χ0) is 29.9. The molecule has 0 amide bonds. The van der Waals surface area contributed by atoms with E-state index in [1.54, 1.807) is 48.4 Å². The van der Waals surface area contributed by atoms with Gasteiger partial charge in [-0.2, -0.15) is 23.7 Å². The van der Waals surface area contributed by atoms with Crippen molar-refractivity contribution in [3.05, 3.63) is 101 Å². The van der Waals surface area contributed by atoms with E-state index in [4.69, 9.17) is 9.72 Å². The molecule has 2 aromatic heterocycles. The Morgan fingerprint density at radius 1 is 1.07 bits per heavy atom. The van der Waals surface area contributed by atoms with Crippen molar-refractivity contribution in [3.63, 3.8) is 0 Å². The summed E-state index contributed by atoms with van der Waals surface area (Å²) in [5.74, 6) is 0.483. The first kappa shape index (κ1) is 28.8. The molecule has 42 heavy (non-hydrogen) atoms. The number of halogens is 3. The molecule has 1 fully saturated rings. The summed E-state index contributed by atoms with van der Waals surface area (Å²) in [7, 11) is 1.78. The van der Waals surface area contributed by atoms with Gasteiger partial charge in [0.1, 0.15) is 18.0 Å². The van der Waals surface area contributed by atoms with Crippen LogP contribution in [0.25, 0.3) is 11.1 Å². The average molecular weight is 573 g/mol. The molecule has 11 heteroatoms. The summed E-state index contributed by atoms with van der Waals surface area (Å²) < 4.78 is 49.8. The molecule has 0 radical (unpaired) electrons. The number of ether oxygens (including phenoxy) is 1. The lowest BCUT2D eigenvalue weighted by Crippen LogP contribution is -2.33. The van der Waals surface area contributed by atoms with E-state index in [0.29, 0.717) is 34.9 Å². The Kier molecular flexibility index (Phi) is 8.25. The Morgan fingerprint density at radius 2 is 1.83 bits per heavy atom. The second-order valence-electron chi connectivity index (χ2n) is 10.0. The van der Waals surface area contributed by atoms with Crippen LogP contribution in [-0.4, -0.2) is 38.8 Å². The molecule has 2 aromatic carbocycles. The van der Waals surface area contributed by atoms with Crippen molar-refractivity contribution in [2.75, 3.05) is 18.1 Å². The fourth-order valence-corrected chi connectivity index (χ4v) is 5.33. The third-order valence-corrected chi connectivity index (χ3v) is 7.42. The maximum atomic E-state index is 13.9. The zero-order valence-electron chi connectivity index (χ0n) is 22.7. The number of aliphatic hydroxyl groups is 1. The Hall–Kier alpha value is -4.71. The van der Waals surface area contributed by atoms with Crippen LogP contribution in [0, 0.1) is 22.7 Å². The lowest BCUT2D eigenvalue weighted by Gasteiger charge is -2.26. The largest absolute Gasteiger partial charge is 0.417 e. The van der Waals surface area contributed by atoms with E-state index < -0.39 is 17.8 Å². The van der Waals surface area contributed by atoms with Gasteiger partial charge in [-0.25, -0.2) is 9.97 Å². The van der Waals surface area contributed by atoms with Crippen molar-refractivity contribution < 1.29 is 23.0 Å². The smallest absolute Gasteiger partial charge is 0.394 e. The van der Waals surface area contributed by atoms with Crippen LogP contribution >= 0.6 is 0 Å². The van der Waals surface area contributed by atoms with E-state index in [1.807, 2.05) is 11.0 Å². The minimum atomic E-state index is -4.61. The molecule has 5 rings (SSSR count). The quantitative estimate of drug-likeness (QED) is 0.296. The predicted molar refractivity (Wildman–Crippen MR) is 148 cm³/mol. The van der Waals surface area contributed by atoms with Gasteiger partial charge in [0.05, 0.1) is 65.9 Å². The minimum Gasteiger partial charge on any atom is -0.394 e. The number of anilines is 1. The van der Waals surface area contributed by atoms with E-state index in [1.165, 1.54) is 24.3 Å². The molecule has 8 nitrogen and oxygen atoms in total. The first-order valence-corrected chi connectivity index (χ1v) is 13.3. The predicted octanol–water partition coefficient (Wildman–Crippen LogP) is 5.51. The highest BCUT2D eigenvalue weighted by molar-refractivity contribution is 5.74. The van der Waals surface area contributed by atoms with Crippen LogP contribution in [0.4, 0.5) is 19.0 Å². The van der Waals surface area contributed by atoms with Crippen molar-refractivity contribution in [1.82, 2.24) is 14.5 Å². The summed E-state index contributed by atoms with van der Waals surface area (Å²) >= 11 is 0. The molecule has 1 saturated heterocycles. The van der Waals surface area contributed by atoms with Crippen LogP contribution in [0.15, 0.2) is 67.1 Å². The zero-order valence-corrected chi connectivity index (χ0v) is 22.7. The van der Waals surface area contributed by atoms with E-state index in [9.17, 15) is 28.8 Å². The number of nitrogens with zero attached hydrogens (tertiary/aromatic N) is 6. The molecule has 1 N–H and O–H groups in total. The van der Waals surface area contributed by atoms with Gasteiger partial charge in [0, 0.05) is 19.2 Å². The number of pyridine rings is 1. The molecule has 4 aromatic rings. The first-order valence-electron chi connectivity index (χ1n) is 13.3. The molecule has 1 aliphatic rings. The van der Waals surface area contributed by atoms with E-state index >= 15 is 0 Å². The van der Waals surface area contributed by atoms with E-state index in [0.717, 1.165) is 18.9 Å². The van der Waals surface area contributed by atoms with Gasteiger partial charge in [-0.15, -0.1) is 0 Å². The van der Waals surface area contributed by atoms with Gasteiger partial charge >= 0.3 is 6.18 Å². The number of alkyl halides is 3. The van der Waals surface area contributed by atoms with E-state index in [2.05, 4.69) is 11.1 Å². The summed E-state index contributed by atoms with van der Waals surface area (Å²) in [5.41, 5.74) is 1.40. The van der Waals surface area contributed by atoms with Crippen molar-refractivity contribution in [3.8, 4) is 23.3 Å². The normalized spacial score (nSPS) is 15.8. The molecule has 0 spiro atoms. The lowest BCUT2D eigenvalue weighted by molar-refractivity contribution is -0.137. The van der Waals surface area contributed by atoms with Crippen molar-refractivity contribution in [2.24, 2.45) is 7.05 Å².